The van der Waals surface area contributed by atoms with E-state index < -0.39 is 10.0 Å². The molecule has 0 saturated heterocycles. The van der Waals surface area contributed by atoms with E-state index in [1.165, 1.54) is 12.1 Å². The highest BCUT2D eigenvalue weighted by Crippen LogP contribution is 2.17. The number of rotatable bonds is 9. The van der Waals surface area contributed by atoms with Crippen LogP contribution in [0.2, 0.25) is 0 Å². The Hall–Kier alpha value is -3.16. The van der Waals surface area contributed by atoms with Crippen LogP contribution in [0.5, 0.6) is 0 Å². The zero-order chi connectivity index (χ0) is 21.4. The summed E-state index contributed by atoms with van der Waals surface area (Å²) >= 11 is 0. The fraction of sp³-hybridized carbons (Fsp3) is 0.174. The molecule has 1 amide bonds. The minimum absolute atomic E-state index is 0.178. The first kappa shape index (κ1) is 21.5. The Kier molecular flexibility index (Phi) is 7.21. The molecule has 6 nitrogen and oxygen atoms in total. The van der Waals surface area contributed by atoms with Crippen molar-refractivity contribution in [1.29, 1.82) is 0 Å². The van der Waals surface area contributed by atoms with Gasteiger partial charge in [-0.25, -0.2) is 8.42 Å². The van der Waals surface area contributed by atoms with E-state index in [-0.39, 0.29) is 10.8 Å². The summed E-state index contributed by atoms with van der Waals surface area (Å²) in [6.45, 7) is 3.44. The molecule has 0 spiro atoms. The third kappa shape index (κ3) is 5.68. The van der Waals surface area contributed by atoms with E-state index in [0.717, 1.165) is 11.1 Å². The van der Waals surface area contributed by atoms with E-state index in [4.69, 9.17) is 4.74 Å². The predicted molar refractivity (Wildman–Crippen MR) is 117 cm³/mol. The number of anilines is 1. The zero-order valence-corrected chi connectivity index (χ0v) is 17.5. The van der Waals surface area contributed by atoms with Crippen LogP contribution in [0.1, 0.15) is 28.4 Å². The standard InChI is InChI=1S/C23H24N2O4S/c1-2-29-17-20-9-7-6-8-19(20)16-24-23(26)18-12-14-21(15-13-18)25-30(27,28)22-10-4-3-5-11-22/h3-15,25H,2,16-17H2,1H3,(H,24,26). The molecule has 0 aliphatic carbocycles. The van der Waals surface area contributed by atoms with Gasteiger partial charge in [-0.2, -0.15) is 0 Å². The van der Waals surface area contributed by atoms with Crippen molar-refractivity contribution in [2.24, 2.45) is 0 Å². The fourth-order valence-corrected chi connectivity index (χ4v) is 3.94. The molecule has 0 unspecified atom stereocenters. The van der Waals surface area contributed by atoms with Crippen molar-refractivity contribution >= 4 is 21.6 Å². The van der Waals surface area contributed by atoms with E-state index in [1.54, 1.807) is 42.5 Å². The van der Waals surface area contributed by atoms with Crippen molar-refractivity contribution in [1.82, 2.24) is 5.32 Å². The summed E-state index contributed by atoms with van der Waals surface area (Å²) < 4.78 is 32.8. The molecule has 156 valence electrons. The molecule has 0 aromatic heterocycles. The van der Waals surface area contributed by atoms with E-state index in [0.29, 0.717) is 31.0 Å². The summed E-state index contributed by atoms with van der Waals surface area (Å²) in [5, 5.41) is 2.89. The lowest BCUT2D eigenvalue weighted by molar-refractivity contribution is 0.0950. The molecule has 7 heteroatoms. The van der Waals surface area contributed by atoms with E-state index >= 15 is 0 Å². The maximum atomic E-state index is 12.5. The van der Waals surface area contributed by atoms with E-state index in [2.05, 4.69) is 10.0 Å². The molecule has 0 fully saturated rings. The van der Waals surface area contributed by atoms with Crippen molar-refractivity contribution in [3.05, 3.63) is 95.6 Å². The highest BCUT2D eigenvalue weighted by atomic mass is 32.2. The largest absolute Gasteiger partial charge is 0.377 e. The van der Waals surface area contributed by atoms with Crippen molar-refractivity contribution < 1.29 is 17.9 Å². The Morgan fingerprint density at radius 2 is 1.50 bits per heavy atom. The lowest BCUT2D eigenvalue weighted by Gasteiger charge is -2.11. The van der Waals surface area contributed by atoms with Crippen LogP contribution in [0.25, 0.3) is 0 Å². The number of benzene rings is 3. The summed E-state index contributed by atoms with van der Waals surface area (Å²) in [5.74, 6) is -0.237. The number of hydrogen-bond donors (Lipinski definition) is 2. The molecule has 0 radical (unpaired) electrons. The van der Waals surface area contributed by atoms with Crippen molar-refractivity contribution in [3.63, 3.8) is 0 Å². The maximum Gasteiger partial charge on any atom is 0.261 e. The van der Waals surface area contributed by atoms with Gasteiger partial charge in [-0.05, 0) is 54.4 Å². The van der Waals surface area contributed by atoms with Gasteiger partial charge >= 0.3 is 0 Å². The number of ether oxygens (including phenoxy) is 1. The average molecular weight is 425 g/mol. The first-order valence-electron chi connectivity index (χ1n) is 9.60. The van der Waals surface area contributed by atoms with Gasteiger partial charge in [-0.15, -0.1) is 0 Å². The zero-order valence-electron chi connectivity index (χ0n) is 16.7. The second-order valence-corrected chi connectivity index (χ2v) is 8.27. The average Bonchev–Trinajstić information content (AvgIpc) is 2.77. The van der Waals surface area contributed by atoms with Crippen LogP contribution in [0.15, 0.2) is 83.8 Å². The molecule has 0 aliphatic heterocycles. The van der Waals surface area contributed by atoms with Gasteiger partial charge in [0.1, 0.15) is 0 Å². The fourth-order valence-electron chi connectivity index (χ4n) is 2.86. The van der Waals surface area contributed by atoms with E-state index in [1.807, 2.05) is 31.2 Å². The molecule has 2 N–H and O–H groups in total. The summed E-state index contributed by atoms with van der Waals surface area (Å²) in [7, 11) is -3.67. The minimum atomic E-state index is -3.67. The number of amides is 1. The van der Waals surface area contributed by atoms with Gasteiger partial charge in [0.25, 0.3) is 15.9 Å². The number of carbonyl (C=O) groups excluding carboxylic acids is 1. The van der Waals surface area contributed by atoms with Gasteiger partial charge in [0.2, 0.25) is 0 Å². The highest BCUT2D eigenvalue weighted by molar-refractivity contribution is 7.92. The first-order valence-corrected chi connectivity index (χ1v) is 11.1. The van der Waals surface area contributed by atoms with Crippen LogP contribution in [-0.2, 0) is 27.9 Å². The molecular formula is C23H24N2O4S. The smallest absolute Gasteiger partial charge is 0.261 e. The molecule has 0 aliphatic rings. The molecule has 3 rings (SSSR count). The topological polar surface area (TPSA) is 84.5 Å². The van der Waals surface area contributed by atoms with Gasteiger partial charge in [0.15, 0.2) is 0 Å². The SMILES string of the molecule is CCOCc1ccccc1CNC(=O)c1ccc(NS(=O)(=O)c2ccccc2)cc1. The Morgan fingerprint density at radius 3 is 2.17 bits per heavy atom. The summed E-state index contributed by atoms with van der Waals surface area (Å²) in [6, 6.07) is 22.2. The second-order valence-electron chi connectivity index (χ2n) is 6.58. The van der Waals surface area contributed by atoms with Gasteiger partial charge in [-0.1, -0.05) is 42.5 Å². The lowest BCUT2D eigenvalue weighted by atomic mass is 10.1. The molecule has 0 atom stereocenters. The van der Waals surface area contributed by atoms with Crippen LogP contribution in [0.4, 0.5) is 5.69 Å². The Bertz CT molecular complexity index is 1080. The first-order chi connectivity index (χ1) is 14.5. The van der Waals surface area contributed by atoms with Gasteiger partial charge < -0.3 is 10.1 Å². The molecule has 30 heavy (non-hydrogen) atoms. The van der Waals surface area contributed by atoms with E-state index in [9.17, 15) is 13.2 Å². The number of sulfonamides is 1. The predicted octanol–water partition coefficient (Wildman–Crippen LogP) is 3.95. The van der Waals surface area contributed by atoms with Crippen LogP contribution < -0.4 is 10.0 Å². The maximum absolute atomic E-state index is 12.5. The van der Waals surface area contributed by atoms with Gasteiger partial charge in [0, 0.05) is 24.4 Å². The van der Waals surface area contributed by atoms with Gasteiger partial charge in [0.05, 0.1) is 11.5 Å². The molecule has 0 saturated carbocycles. The highest BCUT2D eigenvalue weighted by Gasteiger charge is 2.14. The molecule has 3 aromatic carbocycles. The van der Waals surface area contributed by atoms with Crippen LogP contribution in [0, 0.1) is 0 Å². The summed E-state index contributed by atoms with van der Waals surface area (Å²) in [5.41, 5.74) is 2.86. The molecule has 3 aromatic rings. The monoisotopic (exact) mass is 424 g/mol. The normalized spacial score (nSPS) is 11.1. The number of hydrogen-bond acceptors (Lipinski definition) is 4. The van der Waals surface area contributed by atoms with Crippen LogP contribution in [0.3, 0.4) is 0 Å². The Morgan fingerprint density at radius 1 is 0.867 bits per heavy atom. The minimum Gasteiger partial charge on any atom is -0.377 e. The quantitative estimate of drug-likeness (QED) is 0.545. The van der Waals surface area contributed by atoms with Gasteiger partial charge in [-0.3, -0.25) is 9.52 Å². The van der Waals surface area contributed by atoms with Crippen molar-refractivity contribution in [3.8, 4) is 0 Å². The summed E-state index contributed by atoms with van der Waals surface area (Å²) in [6.07, 6.45) is 0. The Balaban J connectivity index is 1.62. The Labute approximate surface area is 177 Å². The molecule has 0 heterocycles. The molecular weight excluding hydrogens is 400 g/mol. The summed E-state index contributed by atoms with van der Waals surface area (Å²) in [4.78, 5) is 12.7. The van der Waals surface area contributed by atoms with Crippen LogP contribution in [-0.4, -0.2) is 20.9 Å². The third-order valence-electron chi connectivity index (χ3n) is 4.47. The number of carbonyl (C=O) groups is 1. The number of nitrogens with one attached hydrogen (secondary N) is 2. The lowest BCUT2D eigenvalue weighted by Crippen LogP contribution is -2.23. The van der Waals surface area contributed by atoms with Crippen molar-refractivity contribution in [2.45, 2.75) is 25.0 Å². The van der Waals surface area contributed by atoms with Crippen molar-refractivity contribution in [2.75, 3.05) is 11.3 Å². The third-order valence-corrected chi connectivity index (χ3v) is 5.87. The second kappa shape index (κ2) is 10.0. The molecule has 0 bridgehead atoms. The van der Waals surface area contributed by atoms with Crippen LogP contribution >= 0.6 is 0 Å².